The smallest absolute Gasteiger partial charge is 0.384 e. The normalized spacial score (nSPS) is 12.5. The Balaban J connectivity index is 2.37. The summed E-state index contributed by atoms with van der Waals surface area (Å²) in [5.41, 5.74) is -4.29. The molecule has 0 fully saturated rings. The number of alkyl halides is 6. The SMILES string of the molecule is COCCSc1nc2ccccc2c(=O)n1-c1cc(C(F)(F)F)ccc1C(F)(F)F. The fraction of sp³-hybridized carbons (Fsp3) is 0.263. The number of benzene rings is 2. The minimum atomic E-state index is -4.99. The highest BCUT2D eigenvalue weighted by atomic mass is 32.2. The molecular formula is C19H14F6N2O2S. The fourth-order valence-electron chi connectivity index (χ4n) is 2.77. The summed E-state index contributed by atoms with van der Waals surface area (Å²) >= 11 is 0.906. The molecule has 1 aromatic heterocycles. The predicted octanol–water partition coefficient (Wildman–Crippen LogP) is 5.16. The second kappa shape index (κ2) is 8.31. The first kappa shape index (κ1) is 22.2. The number of methoxy groups -OCH3 is 1. The number of fused-ring (bicyclic) bond motifs is 1. The van der Waals surface area contributed by atoms with Gasteiger partial charge in [-0.2, -0.15) is 26.3 Å². The quantitative estimate of drug-likeness (QED) is 0.234. The second-order valence-electron chi connectivity index (χ2n) is 6.12. The molecule has 3 rings (SSSR count). The van der Waals surface area contributed by atoms with Crippen LogP contribution in [0.25, 0.3) is 16.6 Å². The summed E-state index contributed by atoms with van der Waals surface area (Å²) in [6.07, 6.45) is -9.88. The third-order valence-corrected chi connectivity index (χ3v) is 5.04. The van der Waals surface area contributed by atoms with Crippen LogP contribution in [0.15, 0.2) is 52.4 Å². The molecule has 11 heteroatoms. The van der Waals surface area contributed by atoms with Gasteiger partial charge in [-0.25, -0.2) is 4.98 Å². The van der Waals surface area contributed by atoms with Crippen LogP contribution in [0.4, 0.5) is 26.3 Å². The van der Waals surface area contributed by atoms with Gasteiger partial charge in [0.05, 0.1) is 34.3 Å². The van der Waals surface area contributed by atoms with Gasteiger partial charge in [-0.05, 0) is 30.3 Å². The molecule has 1 heterocycles. The van der Waals surface area contributed by atoms with Crippen LogP contribution in [0.1, 0.15) is 11.1 Å². The number of aromatic nitrogens is 2. The van der Waals surface area contributed by atoms with Crippen LogP contribution in [-0.4, -0.2) is 29.0 Å². The van der Waals surface area contributed by atoms with E-state index in [-0.39, 0.29) is 28.4 Å². The molecular weight excluding hydrogens is 434 g/mol. The van der Waals surface area contributed by atoms with Crippen molar-refractivity contribution >= 4 is 22.7 Å². The molecule has 160 valence electrons. The van der Waals surface area contributed by atoms with Crippen molar-refractivity contribution in [2.45, 2.75) is 17.5 Å². The summed E-state index contributed by atoms with van der Waals surface area (Å²) in [5.74, 6) is 0.224. The van der Waals surface area contributed by atoms with E-state index in [9.17, 15) is 31.1 Å². The number of nitrogens with zero attached hydrogens (tertiary/aromatic N) is 2. The molecule has 0 amide bonds. The predicted molar refractivity (Wildman–Crippen MR) is 99.9 cm³/mol. The van der Waals surface area contributed by atoms with Crippen LogP contribution in [0.3, 0.4) is 0 Å². The van der Waals surface area contributed by atoms with Gasteiger partial charge in [0.1, 0.15) is 0 Å². The van der Waals surface area contributed by atoms with Crippen molar-refractivity contribution in [2.24, 2.45) is 0 Å². The molecule has 0 spiro atoms. The monoisotopic (exact) mass is 448 g/mol. The zero-order valence-corrected chi connectivity index (χ0v) is 16.2. The third kappa shape index (κ3) is 4.46. The Morgan fingerprint density at radius 1 is 1.03 bits per heavy atom. The molecule has 0 aliphatic rings. The summed E-state index contributed by atoms with van der Waals surface area (Å²) < 4.78 is 85.9. The average molecular weight is 448 g/mol. The van der Waals surface area contributed by atoms with Gasteiger partial charge in [0.2, 0.25) is 0 Å². The van der Waals surface area contributed by atoms with Crippen LogP contribution in [0.5, 0.6) is 0 Å². The van der Waals surface area contributed by atoms with E-state index < -0.39 is 34.7 Å². The summed E-state index contributed by atoms with van der Waals surface area (Å²) in [7, 11) is 1.41. The molecule has 0 aliphatic heterocycles. The number of hydrogen-bond acceptors (Lipinski definition) is 4. The highest BCUT2D eigenvalue weighted by Gasteiger charge is 2.38. The van der Waals surface area contributed by atoms with Gasteiger partial charge in [0.25, 0.3) is 5.56 Å². The highest BCUT2D eigenvalue weighted by Crippen LogP contribution is 2.38. The number of thioether (sulfide) groups is 1. The van der Waals surface area contributed by atoms with Crippen molar-refractivity contribution < 1.29 is 31.1 Å². The average Bonchev–Trinajstić information content (AvgIpc) is 2.66. The number of ether oxygens (including phenoxy) is 1. The fourth-order valence-corrected chi connectivity index (χ4v) is 3.68. The largest absolute Gasteiger partial charge is 0.418 e. The van der Waals surface area contributed by atoms with Crippen LogP contribution in [0.2, 0.25) is 0 Å². The number of rotatable bonds is 5. The Labute approximate surface area is 170 Å². The van der Waals surface area contributed by atoms with Gasteiger partial charge in [-0.3, -0.25) is 9.36 Å². The van der Waals surface area contributed by atoms with Gasteiger partial charge >= 0.3 is 12.4 Å². The lowest BCUT2D eigenvalue weighted by Crippen LogP contribution is -2.25. The molecule has 2 aromatic carbocycles. The maximum atomic E-state index is 13.6. The first-order chi connectivity index (χ1) is 14.0. The lowest BCUT2D eigenvalue weighted by molar-refractivity contribution is -0.141. The van der Waals surface area contributed by atoms with Crippen molar-refractivity contribution in [3.8, 4) is 5.69 Å². The van der Waals surface area contributed by atoms with Crippen molar-refractivity contribution in [3.05, 3.63) is 63.9 Å². The van der Waals surface area contributed by atoms with E-state index >= 15 is 0 Å². The van der Waals surface area contributed by atoms with Gasteiger partial charge in [-0.1, -0.05) is 23.9 Å². The molecule has 0 aliphatic carbocycles. The van der Waals surface area contributed by atoms with Gasteiger partial charge in [0.15, 0.2) is 5.16 Å². The lowest BCUT2D eigenvalue weighted by Gasteiger charge is -2.19. The van der Waals surface area contributed by atoms with Gasteiger partial charge in [0, 0.05) is 12.9 Å². The van der Waals surface area contributed by atoms with Crippen molar-refractivity contribution in [2.75, 3.05) is 19.5 Å². The molecule has 0 radical (unpaired) electrons. The van der Waals surface area contributed by atoms with E-state index in [1.54, 1.807) is 6.07 Å². The zero-order chi connectivity index (χ0) is 22.1. The molecule has 0 N–H and O–H groups in total. The van der Waals surface area contributed by atoms with Gasteiger partial charge in [-0.15, -0.1) is 0 Å². The van der Waals surface area contributed by atoms with E-state index in [1.807, 2.05) is 0 Å². The van der Waals surface area contributed by atoms with Crippen LogP contribution < -0.4 is 5.56 Å². The number of hydrogen-bond donors (Lipinski definition) is 0. The molecule has 0 saturated carbocycles. The van der Waals surface area contributed by atoms with Crippen molar-refractivity contribution in [1.82, 2.24) is 9.55 Å². The number of halogens is 6. The topological polar surface area (TPSA) is 44.1 Å². The number of para-hydroxylation sites is 1. The third-order valence-electron chi connectivity index (χ3n) is 4.13. The van der Waals surface area contributed by atoms with E-state index in [0.29, 0.717) is 22.8 Å². The Kier molecular flexibility index (Phi) is 6.14. The summed E-state index contributed by atoms with van der Waals surface area (Å²) in [6.45, 7) is 0.197. The second-order valence-corrected chi connectivity index (χ2v) is 7.18. The molecule has 0 unspecified atom stereocenters. The van der Waals surface area contributed by atoms with Crippen LogP contribution in [-0.2, 0) is 17.1 Å². The van der Waals surface area contributed by atoms with Crippen LogP contribution in [0, 0.1) is 0 Å². The summed E-state index contributed by atoms with van der Waals surface area (Å²) in [4.78, 5) is 17.3. The maximum Gasteiger partial charge on any atom is 0.418 e. The first-order valence-corrected chi connectivity index (χ1v) is 9.45. The molecule has 0 bridgehead atoms. The highest BCUT2D eigenvalue weighted by molar-refractivity contribution is 7.99. The standard InChI is InChI=1S/C19H14F6N2O2S/c1-29-8-9-30-17-26-14-5-3-2-4-12(14)16(28)27(17)15-10-11(18(20,21)22)6-7-13(15)19(23,24)25/h2-7,10H,8-9H2,1H3. The Bertz CT molecular complexity index is 1120. The summed E-state index contributed by atoms with van der Waals surface area (Å²) in [5, 5.41) is -0.181. The van der Waals surface area contributed by atoms with Crippen molar-refractivity contribution in [3.63, 3.8) is 0 Å². The Morgan fingerprint density at radius 3 is 2.37 bits per heavy atom. The zero-order valence-electron chi connectivity index (χ0n) is 15.3. The Hall–Kier alpha value is -2.53. The van der Waals surface area contributed by atoms with Crippen LogP contribution >= 0.6 is 11.8 Å². The molecule has 4 nitrogen and oxygen atoms in total. The van der Waals surface area contributed by atoms with E-state index in [4.69, 9.17) is 4.74 Å². The molecule has 0 saturated heterocycles. The van der Waals surface area contributed by atoms with E-state index in [0.717, 1.165) is 11.8 Å². The van der Waals surface area contributed by atoms with E-state index in [2.05, 4.69) is 4.98 Å². The molecule has 30 heavy (non-hydrogen) atoms. The molecule has 0 atom stereocenters. The van der Waals surface area contributed by atoms with Gasteiger partial charge < -0.3 is 4.74 Å². The van der Waals surface area contributed by atoms with Crippen molar-refractivity contribution in [1.29, 1.82) is 0 Å². The maximum absolute atomic E-state index is 13.6. The Morgan fingerprint density at radius 2 is 1.73 bits per heavy atom. The van der Waals surface area contributed by atoms with E-state index in [1.165, 1.54) is 25.3 Å². The minimum Gasteiger partial charge on any atom is -0.384 e. The lowest BCUT2D eigenvalue weighted by atomic mass is 10.1. The first-order valence-electron chi connectivity index (χ1n) is 8.46. The summed E-state index contributed by atoms with van der Waals surface area (Å²) in [6, 6.07) is 6.91. The minimum absolute atomic E-state index is 0.0147. The molecule has 3 aromatic rings.